The van der Waals surface area contributed by atoms with E-state index in [4.69, 9.17) is 4.98 Å². The highest BCUT2D eigenvalue weighted by Gasteiger charge is 2.09. The maximum Gasteiger partial charge on any atom is 0.138 e. The van der Waals surface area contributed by atoms with Crippen molar-refractivity contribution < 1.29 is 0 Å². The van der Waals surface area contributed by atoms with Gasteiger partial charge >= 0.3 is 0 Å². The van der Waals surface area contributed by atoms with Gasteiger partial charge in [0.2, 0.25) is 0 Å². The molecule has 0 unspecified atom stereocenters. The molecule has 2 aromatic heterocycles. The van der Waals surface area contributed by atoms with Gasteiger partial charge in [0.15, 0.2) is 0 Å². The highest BCUT2D eigenvalue weighted by atomic mass is 14.9. The Bertz CT molecular complexity index is 1200. The highest BCUT2D eigenvalue weighted by Crippen LogP contribution is 2.26. The van der Waals surface area contributed by atoms with Crippen LogP contribution in [0, 0.1) is 6.92 Å². The van der Waals surface area contributed by atoms with E-state index in [-0.39, 0.29) is 0 Å². The maximum atomic E-state index is 4.71. The van der Waals surface area contributed by atoms with Crippen LogP contribution < -0.4 is 0 Å². The predicted octanol–water partition coefficient (Wildman–Crippen LogP) is 5.08. The Hall–Kier alpha value is -3.40. The Morgan fingerprint density at radius 3 is 2.04 bits per heavy atom. The van der Waals surface area contributed by atoms with E-state index in [0.717, 1.165) is 44.8 Å². The number of aromatic amines is 2. The molecule has 0 saturated heterocycles. The van der Waals surface area contributed by atoms with Crippen LogP contribution in [0.2, 0.25) is 0 Å². The summed E-state index contributed by atoms with van der Waals surface area (Å²) in [6, 6.07) is 22.6. The molecular weight excluding hydrogens is 308 g/mol. The number of hydrogen-bond donors (Lipinski definition) is 2. The smallest absolute Gasteiger partial charge is 0.138 e. The second-order valence-electron chi connectivity index (χ2n) is 6.29. The molecule has 4 heteroatoms. The molecule has 0 aliphatic rings. The molecule has 0 aliphatic carbocycles. The molecule has 0 amide bonds. The van der Waals surface area contributed by atoms with Gasteiger partial charge in [-0.25, -0.2) is 9.97 Å². The number of H-pyrrole nitrogens is 2. The fourth-order valence-electron chi connectivity index (χ4n) is 3.15. The van der Waals surface area contributed by atoms with Crippen molar-refractivity contribution in [1.29, 1.82) is 0 Å². The molecule has 3 aromatic carbocycles. The zero-order chi connectivity index (χ0) is 16.8. The van der Waals surface area contributed by atoms with E-state index in [9.17, 15) is 0 Å². The molecule has 5 rings (SSSR count). The second-order valence-corrected chi connectivity index (χ2v) is 6.29. The molecule has 0 bridgehead atoms. The molecule has 0 radical (unpaired) electrons. The third-order valence-corrected chi connectivity index (χ3v) is 4.44. The lowest BCUT2D eigenvalue weighted by Crippen LogP contribution is -1.80. The van der Waals surface area contributed by atoms with Gasteiger partial charge in [0.1, 0.15) is 11.6 Å². The van der Waals surface area contributed by atoms with Crippen molar-refractivity contribution in [2.75, 3.05) is 0 Å². The van der Waals surface area contributed by atoms with Gasteiger partial charge in [-0.15, -0.1) is 0 Å². The van der Waals surface area contributed by atoms with Crippen LogP contribution in [-0.4, -0.2) is 19.9 Å². The summed E-state index contributed by atoms with van der Waals surface area (Å²) in [7, 11) is 0. The second kappa shape index (κ2) is 5.31. The van der Waals surface area contributed by atoms with Gasteiger partial charge in [-0.3, -0.25) is 0 Å². The van der Waals surface area contributed by atoms with Crippen molar-refractivity contribution in [1.82, 2.24) is 19.9 Å². The van der Waals surface area contributed by atoms with E-state index in [2.05, 4.69) is 58.3 Å². The Labute approximate surface area is 144 Å². The molecule has 120 valence electrons. The number of rotatable bonds is 2. The number of nitrogens with zero attached hydrogens (tertiary/aromatic N) is 2. The minimum Gasteiger partial charge on any atom is -0.338 e. The summed E-state index contributed by atoms with van der Waals surface area (Å²) >= 11 is 0. The SMILES string of the molecule is Cc1ccc2nc(-c3ccc4nc(-c5ccccc5)[nH]c4c3)[nH]c2c1. The average Bonchev–Trinajstić information content (AvgIpc) is 3.25. The van der Waals surface area contributed by atoms with Crippen LogP contribution in [0.1, 0.15) is 5.56 Å². The molecule has 2 N–H and O–H groups in total. The molecular formula is C21H16N4. The van der Waals surface area contributed by atoms with Crippen LogP contribution in [0.15, 0.2) is 66.7 Å². The van der Waals surface area contributed by atoms with Gasteiger partial charge in [0.25, 0.3) is 0 Å². The molecule has 25 heavy (non-hydrogen) atoms. The van der Waals surface area contributed by atoms with Crippen LogP contribution in [0.25, 0.3) is 44.8 Å². The molecule has 0 saturated carbocycles. The van der Waals surface area contributed by atoms with Crippen molar-refractivity contribution in [3.05, 3.63) is 72.3 Å². The summed E-state index contributed by atoms with van der Waals surface area (Å²) in [6.07, 6.45) is 0. The van der Waals surface area contributed by atoms with E-state index in [1.165, 1.54) is 5.56 Å². The number of aromatic nitrogens is 4. The number of imidazole rings is 2. The van der Waals surface area contributed by atoms with Crippen LogP contribution in [0.3, 0.4) is 0 Å². The normalized spacial score (nSPS) is 11.4. The largest absolute Gasteiger partial charge is 0.338 e. The lowest BCUT2D eigenvalue weighted by molar-refractivity contribution is 1.33. The monoisotopic (exact) mass is 324 g/mol. The van der Waals surface area contributed by atoms with Crippen molar-refractivity contribution in [3.63, 3.8) is 0 Å². The van der Waals surface area contributed by atoms with Crippen molar-refractivity contribution >= 4 is 22.1 Å². The van der Waals surface area contributed by atoms with Crippen LogP contribution in [-0.2, 0) is 0 Å². The van der Waals surface area contributed by atoms with Gasteiger partial charge in [-0.05, 0) is 42.8 Å². The zero-order valence-electron chi connectivity index (χ0n) is 13.7. The molecule has 0 spiro atoms. The first-order valence-electron chi connectivity index (χ1n) is 8.28. The van der Waals surface area contributed by atoms with Gasteiger partial charge in [0.05, 0.1) is 22.1 Å². The van der Waals surface area contributed by atoms with E-state index >= 15 is 0 Å². The number of benzene rings is 3. The molecule has 4 nitrogen and oxygen atoms in total. The zero-order valence-corrected chi connectivity index (χ0v) is 13.7. The average molecular weight is 324 g/mol. The molecule has 0 aliphatic heterocycles. The van der Waals surface area contributed by atoms with Crippen LogP contribution >= 0.6 is 0 Å². The van der Waals surface area contributed by atoms with Crippen molar-refractivity contribution in [2.45, 2.75) is 6.92 Å². The lowest BCUT2D eigenvalue weighted by Gasteiger charge is -1.96. The number of aryl methyl sites for hydroxylation is 1. The maximum absolute atomic E-state index is 4.71. The highest BCUT2D eigenvalue weighted by molar-refractivity contribution is 5.86. The van der Waals surface area contributed by atoms with E-state index in [1.54, 1.807) is 0 Å². The minimum atomic E-state index is 0.873. The first-order valence-corrected chi connectivity index (χ1v) is 8.28. The third-order valence-electron chi connectivity index (χ3n) is 4.44. The lowest BCUT2D eigenvalue weighted by atomic mass is 10.2. The van der Waals surface area contributed by atoms with Crippen LogP contribution in [0.5, 0.6) is 0 Å². The van der Waals surface area contributed by atoms with E-state index in [1.807, 2.05) is 30.3 Å². The first-order chi connectivity index (χ1) is 12.3. The number of fused-ring (bicyclic) bond motifs is 2. The van der Waals surface area contributed by atoms with Gasteiger partial charge < -0.3 is 9.97 Å². The fourth-order valence-corrected chi connectivity index (χ4v) is 3.15. The number of nitrogens with one attached hydrogen (secondary N) is 2. The Morgan fingerprint density at radius 1 is 0.640 bits per heavy atom. The van der Waals surface area contributed by atoms with E-state index < -0.39 is 0 Å². The summed E-state index contributed by atoms with van der Waals surface area (Å²) in [4.78, 5) is 16.2. The summed E-state index contributed by atoms with van der Waals surface area (Å²) in [6.45, 7) is 2.09. The summed E-state index contributed by atoms with van der Waals surface area (Å²) in [5.41, 5.74) is 7.35. The van der Waals surface area contributed by atoms with Crippen molar-refractivity contribution in [2.24, 2.45) is 0 Å². The van der Waals surface area contributed by atoms with Crippen molar-refractivity contribution in [3.8, 4) is 22.8 Å². The summed E-state index contributed by atoms with van der Waals surface area (Å²) in [5.74, 6) is 1.76. The Balaban J connectivity index is 1.61. The number of hydrogen-bond acceptors (Lipinski definition) is 2. The van der Waals surface area contributed by atoms with Gasteiger partial charge in [0, 0.05) is 11.1 Å². The molecule has 0 atom stereocenters. The first kappa shape index (κ1) is 14.0. The van der Waals surface area contributed by atoms with Gasteiger partial charge in [-0.2, -0.15) is 0 Å². The fraction of sp³-hybridized carbons (Fsp3) is 0.0476. The Morgan fingerprint density at radius 2 is 1.28 bits per heavy atom. The predicted molar refractivity (Wildman–Crippen MR) is 101 cm³/mol. The minimum absolute atomic E-state index is 0.873. The van der Waals surface area contributed by atoms with E-state index in [0.29, 0.717) is 0 Å². The summed E-state index contributed by atoms with van der Waals surface area (Å²) < 4.78 is 0. The Kier molecular flexibility index (Phi) is 2.97. The molecule has 2 heterocycles. The topological polar surface area (TPSA) is 57.4 Å². The molecule has 5 aromatic rings. The quantitative estimate of drug-likeness (QED) is 0.475. The standard InChI is InChI=1S/C21H16N4/c1-13-7-9-16-18(11-13)24-21(23-16)15-8-10-17-19(12-15)25-20(22-17)14-5-3-2-4-6-14/h2-12H,1H3,(H,22,25)(H,23,24). The molecule has 0 fully saturated rings. The van der Waals surface area contributed by atoms with Crippen LogP contribution in [0.4, 0.5) is 0 Å². The van der Waals surface area contributed by atoms with Gasteiger partial charge in [-0.1, -0.05) is 36.4 Å². The third kappa shape index (κ3) is 2.39. The summed E-state index contributed by atoms with van der Waals surface area (Å²) in [5, 5.41) is 0.